The third kappa shape index (κ3) is 3.03. The fourth-order valence-electron chi connectivity index (χ4n) is 3.15. The van der Waals surface area contributed by atoms with Crippen molar-refractivity contribution in [1.82, 2.24) is 9.78 Å². The Kier molecular flexibility index (Phi) is 4.05. The Morgan fingerprint density at radius 2 is 1.90 bits per heavy atom. The van der Waals surface area contributed by atoms with Crippen LogP contribution in [-0.2, 0) is 0 Å². The second-order valence-corrected chi connectivity index (χ2v) is 5.83. The van der Waals surface area contributed by atoms with Crippen molar-refractivity contribution in [3.8, 4) is 5.69 Å². The topological polar surface area (TPSA) is 29.9 Å². The van der Waals surface area contributed by atoms with Crippen LogP contribution in [0, 0.1) is 5.92 Å². The van der Waals surface area contributed by atoms with E-state index in [0.29, 0.717) is 6.04 Å². The standard InChI is InChI=1S/C17H23N3/c1-14(15-6-3-2-4-7-15)19-16-8-10-17(11-9-16)20-13-5-12-18-20/h5,8-15,19H,2-4,6-7H2,1H3. The number of anilines is 1. The highest BCUT2D eigenvalue weighted by atomic mass is 15.3. The predicted octanol–water partition coefficient (Wildman–Crippen LogP) is 4.25. The lowest BCUT2D eigenvalue weighted by atomic mass is 9.84. The van der Waals surface area contributed by atoms with Gasteiger partial charge in [0.2, 0.25) is 0 Å². The van der Waals surface area contributed by atoms with Crippen LogP contribution in [0.15, 0.2) is 42.7 Å². The molecule has 1 unspecified atom stereocenters. The van der Waals surface area contributed by atoms with Gasteiger partial charge in [-0.05, 0) is 56.0 Å². The molecule has 1 fully saturated rings. The number of hydrogen-bond acceptors (Lipinski definition) is 2. The van der Waals surface area contributed by atoms with Crippen molar-refractivity contribution in [3.05, 3.63) is 42.7 Å². The first-order valence-electron chi connectivity index (χ1n) is 7.69. The maximum absolute atomic E-state index is 4.25. The summed E-state index contributed by atoms with van der Waals surface area (Å²) in [6.45, 7) is 2.32. The van der Waals surface area contributed by atoms with Crippen molar-refractivity contribution >= 4 is 5.69 Å². The van der Waals surface area contributed by atoms with Gasteiger partial charge in [-0.15, -0.1) is 0 Å². The lowest BCUT2D eigenvalue weighted by Gasteiger charge is -2.29. The van der Waals surface area contributed by atoms with E-state index in [4.69, 9.17) is 0 Å². The fourth-order valence-corrected chi connectivity index (χ4v) is 3.15. The van der Waals surface area contributed by atoms with Crippen LogP contribution in [0.3, 0.4) is 0 Å². The quantitative estimate of drug-likeness (QED) is 0.899. The first-order valence-corrected chi connectivity index (χ1v) is 7.69. The van der Waals surface area contributed by atoms with E-state index < -0.39 is 0 Å². The van der Waals surface area contributed by atoms with Gasteiger partial charge in [0.05, 0.1) is 5.69 Å². The van der Waals surface area contributed by atoms with Gasteiger partial charge >= 0.3 is 0 Å². The summed E-state index contributed by atoms with van der Waals surface area (Å²) in [5, 5.41) is 7.90. The average Bonchev–Trinajstić information content (AvgIpc) is 3.03. The molecule has 1 aromatic heterocycles. The molecule has 0 aliphatic heterocycles. The van der Waals surface area contributed by atoms with Gasteiger partial charge < -0.3 is 5.32 Å². The summed E-state index contributed by atoms with van der Waals surface area (Å²) in [5.74, 6) is 0.828. The maximum Gasteiger partial charge on any atom is 0.0647 e. The van der Waals surface area contributed by atoms with Crippen LogP contribution in [0.4, 0.5) is 5.69 Å². The number of nitrogens with zero attached hydrogens (tertiary/aromatic N) is 2. The molecule has 0 bridgehead atoms. The number of hydrogen-bond donors (Lipinski definition) is 1. The summed E-state index contributed by atoms with van der Waals surface area (Å²) in [6, 6.07) is 11.0. The molecule has 106 valence electrons. The van der Waals surface area contributed by atoms with Crippen molar-refractivity contribution < 1.29 is 0 Å². The van der Waals surface area contributed by atoms with Gasteiger partial charge in [-0.2, -0.15) is 5.10 Å². The number of aromatic nitrogens is 2. The molecule has 1 aromatic carbocycles. The fraction of sp³-hybridized carbons (Fsp3) is 0.471. The molecule has 20 heavy (non-hydrogen) atoms. The molecule has 3 rings (SSSR count). The zero-order valence-electron chi connectivity index (χ0n) is 12.1. The van der Waals surface area contributed by atoms with E-state index in [0.717, 1.165) is 11.6 Å². The molecule has 1 aliphatic carbocycles. The number of nitrogens with one attached hydrogen (secondary N) is 1. The molecule has 1 atom stereocenters. The summed E-state index contributed by atoms with van der Waals surface area (Å²) in [6.07, 6.45) is 10.7. The van der Waals surface area contributed by atoms with Crippen LogP contribution in [0.2, 0.25) is 0 Å². The lowest BCUT2D eigenvalue weighted by molar-refractivity contribution is 0.328. The molecule has 1 saturated carbocycles. The largest absolute Gasteiger partial charge is 0.382 e. The second-order valence-electron chi connectivity index (χ2n) is 5.83. The van der Waals surface area contributed by atoms with Gasteiger partial charge in [-0.1, -0.05) is 19.3 Å². The SMILES string of the molecule is CC(Nc1ccc(-n2cccn2)cc1)C1CCCCC1. The summed E-state index contributed by atoms with van der Waals surface area (Å²) in [5.41, 5.74) is 2.31. The molecule has 2 aromatic rings. The summed E-state index contributed by atoms with van der Waals surface area (Å²) in [7, 11) is 0. The van der Waals surface area contributed by atoms with Crippen molar-refractivity contribution in [1.29, 1.82) is 0 Å². The summed E-state index contributed by atoms with van der Waals surface area (Å²) < 4.78 is 1.88. The van der Waals surface area contributed by atoms with E-state index in [1.54, 1.807) is 6.20 Å². The number of benzene rings is 1. The van der Waals surface area contributed by atoms with Crippen molar-refractivity contribution in [3.63, 3.8) is 0 Å². The van der Waals surface area contributed by atoms with Crippen LogP contribution >= 0.6 is 0 Å². The van der Waals surface area contributed by atoms with Crippen LogP contribution < -0.4 is 5.32 Å². The molecule has 1 N–H and O–H groups in total. The summed E-state index contributed by atoms with van der Waals surface area (Å²) in [4.78, 5) is 0. The van der Waals surface area contributed by atoms with Gasteiger partial charge in [-0.25, -0.2) is 4.68 Å². The zero-order chi connectivity index (χ0) is 13.8. The predicted molar refractivity (Wildman–Crippen MR) is 83.2 cm³/mol. The van der Waals surface area contributed by atoms with Crippen molar-refractivity contribution in [2.24, 2.45) is 5.92 Å². The summed E-state index contributed by atoms with van der Waals surface area (Å²) >= 11 is 0. The van der Waals surface area contributed by atoms with E-state index in [9.17, 15) is 0 Å². The van der Waals surface area contributed by atoms with Crippen molar-refractivity contribution in [2.75, 3.05) is 5.32 Å². The molecule has 0 amide bonds. The third-order valence-corrected chi connectivity index (χ3v) is 4.39. The minimum absolute atomic E-state index is 0.561. The van der Waals surface area contributed by atoms with E-state index in [1.165, 1.54) is 37.8 Å². The van der Waals surface area contributed by atoms with E-state index in [-0.39, 0.29) is 0 Å². The maximum atomic E-state index is 4.25. The van der Waals surface area contributed by atoms with Gasteiger partial charge in [0.25, 0.3) is 0 Å². The first kappa shape index (κ1) is 13.2. The Morgan fingerprint density at radius 1 is 1.15 bits per heavy atom. The van der Waals surface area contributed by atoms with Crippen LogP contribution in [0.5, 0.6) is 0 Å². The Labute approximate surface area is 121 Å². The molecule has 3 heteroatoms. The Balaban J connectivity index is 1.63. The van der Waals surface area contributed by atoms with E-state index >= 15 is 0 Å². The second kappa shape index (κ2) is 6.12. The Hall–Kier alpha value is -1.77. The van der Waals surface area contributed by atoms with Crippen LogP contribution in [-0.4, -0.2) is 15.8 Å². The third-order valence-electron chi connectivity index (χ3n) is 4.39. The molecular formula is C17H23N3. The molecule has 1 aliphatic rings. The Bertz CT molecular complexity index is 510. The molecule has 0 spiro atoms. The normalized spacial score (nSPS) is 17.9. The van der Waals surface area contributed by atoms with E-state index in [2.05, 4.69) is 41.6 Å². The Morgan fingerprint density at radius 3 is 2.55 bits per heavy atom. The highest BCUT2D eigenvalue weighted by molar-refractivity contribution is 5.49. The van der Waals surface area contributed by atoms with Crippen LogP contribution in [0.25, 0.3) is 5.69 Å². The monoisotopic (exact) mass is 269 g/mol. The van der Waals surface area contributed by atoms with Crippen molar-refractivity contribution in [2.45, 2.75) is 45.1 Å². The molecule has 0 saturated heterocycles. The van der Waals surface area contributed by atoms with Gasteiger partial charge in [0.1, 0.15) is 0 Å². The number of rotatable bonds is 4. The van der Waals surface area contributed by atoms with Gasteiger partial charge in [0.15, 0.2) is 0 Å². The lowest BCUT2D eigenvalue weighted by Crippen LogP contribution is -2.27. The first-order chi connectivity index (χ1) is 9.83. The minimum Gasteiger partial charge on any atom is -0.382 e. The van der Waals surface area contributed by atoms with Gasteiger partial charge in [-0.3, -0.25) is 0 Å². The minimum atomic E-state index is 0.561. The zero-order valence-corrected chi connectivity index (χ0v) is 12.1. The highest BCUT2D eigenvalue weighted by Gasteiger charge is 2.19. The highest BCUT2D eigenvalue weighted by Crippen LogP contribution is 2.28. The molecule has 1 heterocycles. The molecular weight excluding hydrogens is 246 g/mol. The van der Waals surface area contributed by atoms with Crippen LogP contribution in [0.1, 0.15) is 39.0 Å². The molecule has 0 radical (unpaired) electrons. The van der Waals surface area contributed by atoms with Gasteiger partial charge in [0, 0.05) is 24.1 Å². The van der Waals surface area contributed by atoms with E-state index in [1.807, 2.05) is 16.9 Å². The average molecular weight is 269 g/mol. The molecule has 3 nitrogen and oxygen atoms in total. The smallest absolute Gasteiger partial charge is 0.0647 e.